The first-order valence-electron chi connectivity index (χ1n) is 5.89. The van der Waals surface area contributed by atoms with Crippen molar-refractivity contribution >= 4 is 22.4 Å². The molecule has 2 heterocycles. The van der Waals surface area contributed by atoms with Gasteiger partial charge < -0.3 is 10.3 Å². The Kier molecular flexibility index (Phi) is 2.83. The van der Waals surface area contributed by atoms with Crippen LogP contribution in [0, 0.1) is 12.7 Å². The zero-order valence-corrected chi connectivity index (χ0v) is 11.5. The molecule has 0 saturated heterocycles. The highest BCUT2D eigenvalue weighted by Gasteiger charge is 2.17. The molecule has 0 unspecified atom stereocenters. The van der Waals surface area contributed by atoms with E-state index in [1.54, 1.807) is 6.07 Å². The van der Waals surface area contributed by atoms with Gasteiger partial charge in [-0.1, -0.05) is 6.07 Å². The molecule has 19 heavy (non-hydrogen) atoms. The fourth-order valence-corrected chi connectivity index (χ4v) is 3.10. The SMILES string of the molecule is Cc1nc(CN)sc1-c1nc2c(F)cccc2n1C. The summed E-state index contributed by atoms with van der Waals surface area (Å²) in [6.45, 7) is 2.32. The van der Waals surface area contributed by atoms with Crippen molar-refractivity contribution in [3.05, 3.63) is 34.7 Å². The summed E-state index contributed by atoms with van der Waals surface area (Å²) < 4.78 is 15.6. The van der Waals surface area contributed by atoms with Gasteiger partial charge in [0.25, 0.3) is 0 Å². The summed E-state index contributed by atoms with van der Waals surface area (Å²) in [6.07, 6.45) is 0. The van der Waals surface area contributed by atoms with Crippen LogP contribution in [0.2, 0.25) is 0 Å². The monoisotopic (exact) mass is 276 g/mol. The van der Waals surface area contributed by atoms with Gasteiger partial charge in [0.05, 0.1) is 16.1 Å². The van der Waals surface area contributed by atoms with Crippen LogP contribution in [0.3, 0.4) is 0 Å². The van der Waals surface area contributed by atoms with Gasteiger partial charge in [-0.25, -0.2) is 14.4 Å². The lowest BCUT2D eigenvalue weighted by atomic mass is 10.3. The number of nitrogens with zero attached hydrogens (tertiary/aromatic N) is 3. The highest BCUT2D eigenvalue weighted by molar-refractivity contribution is 7.15. The topological polar surface area (TPSA) is 56.7 Å². The highest BCUT2D eigenvalue weighted by Crippen LogP contribution is 2.31. The predicted octanol–water partition coefficient (Wildman–Crippen LogP) is 2.60. The molecule has 0 bridgehead atoms. The first-order valence-corrected chi connectivity index (χ1v) is 6.71. The van der Waals surface area contributed by atoms with E-state index in [4.69, 9.17) is 5.73 Å². The Labute approximate surface area is 113 Å². The minimum absolute atomic E-state index is 0.305. The molecule has 0 amide bonds. The summed E-state index contributed by atoms with van der Waals surface area (Å²) in [6, 6.07) is 4.97. The quantitative estimate of drug-likeness (QED) is 0.782. The van der Waals surface area contributed by atoms with Crippen LogP contribution in [-0.4, -0.2) is 14.5 Å². The average molecular weight is 276 g/mol. The van der Waals surface area contributed by atoms with Crippen LogP contribution in [0.4, 0.5) is 4.39 Å². The van der Waals surface area contributed by atoms with Gasteiger partial charge >= 0.3 is 0 Å². The second-order valence-electron chi connectivity index (χ2n) is 4.33. The molecule has 0 atom stereocenters. The molecule has 1 aromatic carbocycles. The third-order valence-electron chi connectivity index (χ3n) is 3.08. The van der Waals surface area contributed by atoms with Crippen LogP contribution in [0.5, 0.6) is 0 Å². The Morgan fingerprint density at radius 2 is 2.16 bits per heavy atom. The molecule has 0 aliphatic carbocycles. The van der Waals surface area contributed by atoms with E-state index in [-0.39, 0.29) is 5.82 Å². The maximum absolute atomic E-state index is 13.8. The summed E-state index contributed by atoms with van der Waals surface area (Å²) >= 11 is 1.51. The molecule has 0 aliphatic heterocycles. The van der Waals surface area contributed by atoms with E-state index < -0.39 is 0 Å². The van der Waals surface area contributed by atoms with Gasteiger partial charge in [0.2, 0.25) is 0 Å². The molecule has 6 heteroatoms. The molecule has 3 aromatic rings. The second kappa shape index (κ2) is 4.40. The van der Waals surface area contributed by atoms with E-state index in [0.29, 0.717) is 12.1 Å². The first kappa shape index (κ1) is 12.3. The van der Waals surface area contributed by atoms with E-state index in [9.17, 15) is 4.39 Å². The molecule has 2 N–H and O–H groups in total. The number of thiazole rings is 1. The van der Waals surface area contributed by atoms with Crippen LogP contribution >= 0.6 is 11.3 Å². The number of rotatable bonds is 2. The van der Waals surface area contributed by atoms with Gasteiger partial charge in [0, 0.05) is 13.6 Å². The van der Waals surface area contributed by atoms with Crippen molar-refractivity contribution in [1.82, 2.24) is 14.5 Å². The Bertz CT molecular complexity index is 759. The third kappa shape index (κ3) is 1.84. The maximum Gasteiger partial charge on any atom is 0.153 e. The van der Waals surface area contributed by atoms with Crippen LogP contribution < -0.4 is 5.73 Å². The lowest BCUT2D eigenvalue weighted by molar-refractivity contribution is 0.637. The number of hydrogen-bond acceptors (Lipinski definition) is 4. The summed E-state index contributed by atoms with van der Waals surface area (Å²) in [4.78, 5) is 9.74. The molecule has 0 aliphatic rings. The van der Waals surface area contributed by atoms with Crippen molar-refractivity contribution < 1.29 is 4.39 Å². The standard InChI is InChI=1S/C13H13FN4S/c1-7-12(19-10(6-15)16-7)13-17-11-8(14)4-3-5-9(11)18(13)2/h3-5H,6,15H2,1-2H3. The van der Waals surface area contributed by atoms with Crippen molar-refractivity contribution in [3.63, 3.8) is 0 Å². The van der Waals surface area contributed by atoms with Crippen LogP contribution in [0.25, 0.3) is 21.7 Å². The van der Waals surface area contributed by atoms with Crippen LogP contribution in [-0.2, 0) is 13.6 Å². The average Bonchev–Trinajstić information content (AvgIpc) is 2.92. The van der Waals surface area contributed by atoms with Crippen molar-refractivity contribution in [2.45, 2.75) is 13.5 Å². The van der Waals surface area contributed by atoms with Gasteiger partial charge in [-0.2, -0.15) is 0 Å². The number of para-hydroxylation sites is 1. The van der Waals surface area contributed by atoms with Gasteiger partial charge in [-0.3, -0.25) is 0 Å². The van der Waals surface area contributed by atoms with E-state index in [2.05, 4.69) is 9.97 Å². The van der Waals surface area contributed by atoms with Crippen LogP contribution in [0.1, 0.15) is 10.7 Å². The largest absolute Gasteiger partial charge is 0.326 e. The van der Waals surface area contributed by atoms with E-state index in [1.165, 1.54) is 17.4 Å². The lowest BCUT2D eigenvalue weighted by Crippen LogP contribution is -1.94. The van der Waals surface area contributed by atoms with Gasteiger partial charge in [0.1, 0.15) is 10.5 Å². The number of imidazole rings is 1. The molecule has 0 saturated carbocycles. The van der Waals surface area contributed by atoms with Crippen LogP contribution in [0.15, 0.2) is 18.2 Å². The normalized spacial score (nSPS) is 11.4. The zero-order valence-electron chi connectivity index (χ0n) is 10.6. The molecule has 98 valence electrons. The number of nitrogens with two attached hydrogens (primary N) is 1. The number of benzene rings is 1. The van der Waals surface area contributed by atoms with Gasteiger partial charge in [0.15, 0.2) is 11.6 Å². The Morgan fingerprint density at radius 3 is 2.79 bits per heavy atom. The lowest BCUT2D eigenvalue weighted by Gasteiger charge is -1.99. The Morgan fingerprint density at radius 1 is 1.37 bits per heavy atom. The number of halogens is 1. The molecular formula is C13H13FN4S. The minimum Gasteiger partial charge on any atom is -0.326 e. The molecule has 2 aromatic heterocycles. The summed E-state index contributed by atoms with van der Waals surface area (Å²) in [5.41, 5.74) is 7.65. The molecule has 0 fully saturated rings. The summed E-state index contributed by atoms with van der Waals surface area (Å²) in [5.74, 6) is 0.426. The smallest absolute Gasteiger partial charge is 0.153 e. The van der Waals surface area contributed by atoms with E-state index >= 15 is 0 Å². The number of aryl methyl sites for hydroxylation is 2. The Balaban J connectivity index is 2.27. The fourth-order valence-electron chi connectivity index (χ4n) is 2.13. The van der Waals surface area contributed by atoms with Crippen molar-refractivity contribution in [1.29, 1.82) is 0 Å². The van der Waals surface area contributed by atoms with Gasteiger partial charge in [-0.05, 0) is 19.1 Å². The summed E-state index contributed by atoms with van der Waals surface area (Å²) in [7, 11) is 1.88. The van der Waals surface area contributed by atoms with Crippen molar-refractivity contribution in [3.8, 4) is 10.7 Å². The van der Waals surface area contributed by atoms with Crippen molar-refractivity contribution in [2.24, 2.45) is 12.8 Å². The minimum atomic E-state index is -0.305. The third-order valence-corrected chi connectivity index (χ3v) is 4.26. The molecule has 4 nitrogen and oxygen atoms in total. The predicted molar refractivity (Wildman–Crippen MR) is 74.4 cm³/mol. The zero-order chi connectivity index (χ0) is 13.6. The van der Waals surface area contributed by atoms with Gasteiger partial charge in [-0.15, -0.1) is 11.3 Å². The highest BCUT2D eigenvalue weighted by atomic mass is 32.1. The number of fused-ring (bicyclic) bond motifs is 1. The maximum atomic E-state index is 13.8. The van der Waals surface area contributed by atoms with E-state index in [1.807, 2.05) is 24.6 Å². The summed E-state index contributed by atoms with van der Waals surface area (Å²) in [5, 5.41) is 0.861. The fraction of sp³-hybridized carbons (Fsp3) is 0.231. The Hall–Kier alpha value is -1.79. The van der Waals surface area contributed by atoms with E-state index in [0.717, 1.165) is 26.9 Å². The first-order chi connectivity index (χ1) is 9.11. The second-order valence-corrected chi connectivity index (χ2v) is 5.41. The molecule has 3 rings (SSSR count). The molecule has 0 radical (unpaired) electrons. The molecular weight excluding hydrogens is 263 g/mol. The molecule has 0 spiro atoms. The number of hydrogen-bond donors (Lipinski definition) is 1. The van der Waals surface area contributed by atoms with Crippen molar-refractivity contribution in [2.75, 3.05) is 0 Å². The number of aromatic nitrogens is 3.